The lowest BCUT2D eigenvalue weighted by atomic mass is 10.0. The number of benzene rings is 1. The Kier molecular flexibility index (Phi) is 3.09. The second-order valence-corrected chi connectivity index (χ2v) is 5.84. The zero-order valence-electron chi connectivity index (χ0n) is 11.0. The molecule has 2 heterocycles. The second-order valence-electron chi connectivity index (χ2n) is 4.99. The van der Waals surface area contributed by atoms with Crippen molar-refractivity contribution in [2.24, 2.45) is 4.99 Å². The first-order chi connectivity index (χ1) is 9.46. The third-order valence-corrected chi connectivity index (χ3v) is 3.53. The van der Waals surface area contributed by atoms with Crippen molar-refractivity contribution in [1.82, 2.24) is 4.98 Å². The van der Waals surface area contributed by atoms with E-state index in [9.17, 15) is 4.39 Å². The third kappa shape index (κ3) is 2.33. The molecule has 1 aromatic carbocycles. The van der Waals surface area contributed by atoms with Gasteiger partial charge in [0.2, 0.25) is 0 Å². The smallest absolute Gasteiger partial charge is 0.195 e. The highest BCUT2D eigenvalue weighted by molar-refractivity contribution is 9.10. The van der Waals surface area contributed by atoms with Gasteiger partial charge >= 0.3 is 0 Å². The first-order valence-electron chi connectivity index (χ1n) is 6.16. The molecule has 1 aromatic heterocycles. The third-order valence-electron chi connectivity index (χ3n) is 2.93. The van der Waals surface area contributed by atoms with Crippen LogP contribution in [0.25, 0.3) is 0 Å². The lowest BCUT2D eigenvalue weighted by molar-refractivity contribution is 0.115. The van der Waals surface area contributed by atoms with Crippen LogP contribution in [0.1, 0.15) is 25.1 Å². The fourth-order valence-electron chi connectivity index (χ4n) is 2.12. The number of rotatable bonds is 1. The van der Waals surface area contributed by atoms with Crippen LogP contribution in [0.3, 0.4) is 0 Å². The minimum absolute atomic E-state index is 0.359. The molecule has 0 atom stereocenters. The minimum atomic E-state index is -0.750. The fourth-order valence-corrected chi connectivity index (χ4v) is 2.46. The van der Waals surface area contributed by atoms with Gasteiger partial charge in [0.05, 0.1) is 15.9 Å². The average Bonchev–Trinajstić information content (AvgIpc) is 2.40. The van der Waals surface area contributed by atoms with E-state index >= 15 is 0 Å². The van der Waals surface area contributed by atoms with E-state index < -0.39 is 5.72 Å². The van der Waals surface area contributed by atoms with Crippen LogP contribution in [0.15, 0.2) is 46.0 Å². The van der Waals surface area contributed by atoms with Gasteiger partial charge in [-0.25, -0.2) is 9.38 Å². The summed E-state index contributed by atoms with van der Waals surface area (Å²) in [6, 6.07) is 8.66. The molecule has 3 rings (SSSR count). The number of pyridine rings is 1. The van der Waals surface area contributed by atoms with E-state index in [2.05, 4.69) is 25.9 Å². The van der Waals surface area contributed by atoms with Crippen LogP contribution in [-0.4, -0.2) is 16.4 Å². The van der Waals surface area contributed by atoms with Crippen molar-refractivity contribution in [3.05, 3.63) is 58.1 Å². The number of fused-ring (bicyclic) bond motifs is 1. The lowest BCUT2D eigenvalue weighted by Crippen LogP contribution is -2.32. The number of aliphatic imine (C=N–C) groups is 1. The molecule has 20 heavy (non-hydrogen) atoms. The summed E-state index contributed by atoms with van der Waals surface area (Å²) in [5.74, 6) is 0.119. The molecule has 2 aromatic rings. The zero-order chi connectivity index (χ0) is 14.3. The van der Waals surface area contributed by atoms with E-state index in [0.717, 1.165) is 11.3 Å². The Bertz CT molecular complexity index is 699. The Balaban J connectivity index is 2.23. The van der Waals surface area contributed by atoms with Crippen molar-refractivity contribution in [2.75, 3.05) is 0 Å². The van der Waals surface area contributed by atoms with Gasteiger partial charge < -0.3 is 4.74 Å². The number of hydrogen-bond donors (Lipinski definition) is 0. The Morgan fingerprint density at radius 3 is 2.75 bits per heavy atom. The number of nitrogens with zero attached hydrogens (tertiary/aromatic N) is 2. The highest BCUT2D eigenvalue weighted by Crippen LogP contribution is 2.35. The number of ether oxygens (including phenoxy) is 1. The Morgan fingerprint density at radius 2 is 2.05 bits per heavy atom. The largest absolute Gasteiger partial charge is 0.466 e. The summed E-state index contributed by atoms with van der Waals surface area (Å²) in [5, 5.41) is 0. The van der Waals surface area contributed by atoms with Crippen LogP contribution >= 0.6 is 15.9 Å². The summed E-state index contributed by atoms with van der Waals surface area (Å²) in [6.07, 6.45) is 1.71. The van der Waals surface area contributed by atoms with Gasteiger partial charge in [-0.3, -0.25) is 4.98 Å². The Morgan fingerprint density at radius 1 is 1.25 bits per heavy atom. The number of hydrogen-bond acceptors (Lipinski definition) is 3. The fraction of sp³-hybridized carbons (Fsp3) is 0.200. The van der Waals surface area contributed by atoms with Gasteiger partial charge in [-0.15, -0.1) is 0 Å². The summed E-state index contributed by atoms with van der Waals surface area (Å²) in [6.45, 7) is 3.66. The van der Waals surface area contributed by atoms with E-state index in [1.165, 1.54) is 6.07 Å². The highest BCUT2D eigenvalue weighted by Gasteiger charge is 2.30. The maximum Gasteiger partial charge on any atom is 0.195 e. The summed E-state index contributed by atoms with van der Waals surface area (Å²) >= 11 is 3.20. The van der Waals surface area contributed by atoms with Crippen LogP contribution < -0.4 is 4.74 Å². The zero-order valence-corrected chi connectivity index (χ0v) is 12.6. The molecule has 102 valence electrons. The molecular weight excluding hydrogens is 323 g/mol. The van der Waals surface area contributed by atoms with Gasteiger partial charge in [-0.05, 0) is 48.0 Å². The van der Waals surface area contributed by atoms with Crippen molar-refractivity contribution in [2.45, 2.75) is 19.6 Å². The molecule has 5 heteroatoms. The van der Waals surface area contributed by atoms with Crippen LogP contribution in [-0.2, 0) is 0 Å². The summed E-state index contributed by atoms with van der Waals surface area (Å²) < 4.78 is 19.8. The molecule has 0 unspecified atom stereocenters. The molecule has 0 bridgehead atoms. The summed E-state index contributed by atoms with van der Waals surface area (Å²) in [4.78, 5) is 8.91. The first kappa shape index (κ1) is 13.2. The summed E-state index contributed by atoms with van der Waals surface area (Å²) in [5.41, 5.74) is 1.43. The van der Waals surface area contributed by atoms with Gasteiger partial charge in [0.1, 0.15) is 11.6 Å². The van der Waals surface area contributed by atoms with E-state index in [4.69, 9.17) is 4.74 Å². The molecule has 0 saturated heterocycles. The lowest BCUT2D eigenvalue weighted by Gasteiger charge is -2.30. The maximum absolute atomic E-state index is 13.7. The molecule has 0 spiro atoms. The number of aromatic nitrogens is 1. The molecule has 0 aliphatic carbocycles. The van der Waals surface area contributed by atoms with Crippen molar-refractivity contribution in [1.29, 1.82) is 0 Å². The monoisotopic (exact) mass is 334 g/mol. The van der Waals surface area contributed by atoms with E-state index in [1.54, 1.807) is 12.3 Å². The molecule has 0 saturated carbocycles. The topological polar surface area (TPSA) is 34.5 Å². The van der Waals surface area contributed by atoms with Crippen molar-refractivity contribution >= 4 is 21.6 Å². The molecule has 0 N–H and O–H groups in total. The summed E-state index contributed by atoms with van der Waals surface area (Å²) in [7, 11) is 0. The van der Waals surface area contributed by atoms with Crippen LogP contribution in [0.2, 0.25) is 0 Å². The standard InChI is InChI=1S/C15H12BrFN2O/c1-15(2)19-14(12-5-3-4-6-18-12)9-7-10(16)11(17)8-13(9)20-15/h3-8H,1-2H3. The SMILES string of the molecule is CC1(C)N=C(c2ccccn2)c2cc(Br)c(F)cc2O1. The van der Waals surface area contributed by atoms with Crippen LogP contribution in [0, 0.1) is 5.82 Å². The minimum Gasteiger partial charge on any atom is -0.466 e. The van der Waals surface area contributed by atoms with Crippen molar-refractivity contribution < 1.29 is 9.13 Å². The Labute approximate surface area is 124 Å². The molecule has 3 nitrogen and oxygen atoms in total. The van der Waals surface area contributed by atoms with Gasteiger partial charge in [-0.1, -0.05) is 6.07 Å². The van der Waals surface area contributed by atoms with E-state index in [1.807, 2.05) is 32.0 Å². The first-order valence-corrected chi connectivity index (χ1v) is 6.95. The molecule has 0 radical (unpaired) electrons. The van der Waals surface area contributed by atoms with Crippen LogP contribution in [0.4, 0.5) is 4.39 Å². The maximum atomic E-state index is 13.7. The predicted molar refractivity (Wildman–Crippen MR) is 78.7 cm³/mol. The van der Waals surface area contributed by atoms with Gasteiger partial charge in [0.15, 0.2) is 5.72 Å². The van der Waals surface area contributed by atoms with Gasteiger partial charge in [0.25, 0.3) is 0 Å². The molecule has 0 fully saturated rings. The predicted octanol–water partition coefficient (Wildman–Crippen LogP) is 3.95. The van der Waals surface area contributed by atoms with Gasteiger partial charge in [0, 0.05) is 17.8 Å². The van der Waals surface area contributed by atoms with E-state index in [-0.39, 0.29) is 5.82 Å². The van der Waals surface area contributed by atoms with Crippen molar-refractivity contribution in [3.8, 4) is 5.75 Å². The molecule has 1 aliphatic rings. The average molecular weight is 335 g/mol. The quantitative estimate of drug-likeness (QED) is 0.791. The highest BCUT2D eigenvalue weighted by atomic mass is 79.9. The molecule has 1 aliphatic heterocycles. The normalized spacial score (nSPS) is 16.1. The van der Waals surface area contributed by atoms with Crippen molar-refractivity contribution in [3.63, 3.8) is 0 Å². The van der Waals surface area contributed by atoms with Crippen LogP contribution in [0.5, 0.6) is 5.75 Å². The Hall–Kier alpha value is -1.75. The van der Waals surface area contributed by atoms with E-state index in [0.29, 0.717) is 15.9 Å². The molecule has 0 amide bonds. The second kappa shape index (κ2) is 4.66. The number of halogens is 2. The molecular formula is C15H12BrFN2O. The van der Waals surface area contributed by atoms with Gasteiger partial charge in [-0.2, -0.15) is 0 Å².